The van der Waals surface area contributed by atoms with E-state index in [2.05, 4.69) is 4.98 Å². The van der Waals surface area contributed by atoms with E-state index in [-0.39, 0.29) is 17.6 Å². The number of oxazole rings is 1. The molecule has 1 aliphatic rings. The Morgan fingerprint density at radius 1 is 1.47 bits per heavy atom. The average molecular weight is 266 g/mol. The largest absolute Gasteiger partial charge is 0.460 e. The van der Waals surface area contributed by atoms with E-state index in [9.17, 15) is 9.59 Å². The van der Waals surface area contributed by atoms with Gasteiger partial charge in [0.05, 0.1) is 12.8 Å². The standard InChI is InChI=1S/C13H18N2O4/c1-3-18-13(17)11-8-14-12(19-11)10-4-6-15(7-5-10)9(2)16/h8,10H,3-7H2,1-2H3. The molecule has 0 N–H and O–H groups in total. The van der Waals surface area contributed by atoms with Gasteiger partial charge in [0.2, 0.25) is 11.7 Å². The normalized spacial score (nSPS) is 16.4. The van der Waals surface area contributed by atoms with Gasteiger partial charge >= 0.3 is 5.97 Å². The van der Waals surface area contributed by atoms with Crippen LogP contribution in [0, 0.1) is 0 Å². The van der Waals surface area contributed by atoms with E-state index >= 15 is 0 Å². The summed E-state index contributed by atoms with van der Waals surface area (Å²) in [7, 11) is 0. The van der Waals surface area contributed by atoms with Crippen molar-refractivity contribution in [1.29, 1.82) is 0 Å². The van der Waals surface area contributed by atoms with Crippen molar-refractivity contribution >= 4 is 11.9 Å². The van der Waals surface area contributed by atoms with Gasteiger partial charge in [-0.1, -0.05) is 0 Å². The number of aromatic nitrogens is 1. The van der Waals surface area contributed by atoms with Gasteiger partial charge in [-0.05, 0) is 19.8 Å². The van der Waals surface area contributed by atoms with Crippen LogP contribution in [-0.4, -0.2) is 41.5 Å². The summed E-state index contributed by atoms with van der Waals surface area (Å²) in [6.07, 6.45) is 3.02. The van der Waals surface area contributed by atoms with Crippen molar-refractivity contribution in [3.8, 4) is 0 Å². The summed E-state index contributed by atoms with van der Waals surface area (Å²) in [4.78, 5) is 28.7. The topological polar surface area (TPSA) is 72.6 Å². The lowest BCUT2D eigenvalue weighted by Crippen LogP contribution is -2.36. The number of carbonyl (C=O) groups is 2. The molecule has 0 aromatic carbocycles. The number of amides is 1. The molecular formula is C13H18N2O4. The van der Waals surface area contributed by atoms with E-state index in [1.807, 2.05) is 4.90 Å². The summed E-state index contributed by atoms with van der Waals surface area (Å²) in [5, 5.41) is 0. The summed E-state index contributed by atoms with van der Waals surface area (Å²) in [6, 6.07) is 0. The summed E-state index contributed by atoms with van der Waals surface area (Å²) in [5.41, 5.74) is 0. The van der Waals surface area contributed by atoms with E-state index in [1.54, 1.807) is 13.8 Å². The second-order valence-electron chi connectivity index (χ2n) is 4.56. The fourth-order valence-electron chi connectivity index (χ4n) is 2.21. The lowest BCUT2D eigenvalue weighted by molar-refractivity contribution is -0.129. The Balaban J connectivity index is 1.97. The summed E-state index contributed by atoms with van der Waals surface area (Å²) >= 11 is 0. The minimum Gasteiger partial charge on any atom is -0.460 e. The predicted octanol–water partition coefficient (Wildman–Crippen LogP) is 1.58. The van der Waals surface area contributed by atoms with E-state index < -0.39 is 5.97 Å². The number of esters is 1. The second kappa shape index (κ2) is 5.86. The zero-order valence-electron chi connectivity index (χ0n) is 11.2. The Morgan fingerprint density at radius 2 is 2.16 bits per heavy atom. The van der Waals surface area contributed by atoms with Crippen molar-refractivity contribution in [3.05, 3.63) is 17.8 Å². The van der Waals surface area contributed by atoms with Crippen molar-refractivity contribution in [2.45, 2.75) is 32.6 Å². The molecule has 6 nitrogen and oxygen atoms in total. The van der Waals surface area contributed by atoms with Gasteiger partial charge < -0.3 is 14.1 Å². The molecule has 1 aromatic rings. The van der Waals surface area contributed by atoms with Crippen LogP contribution in [0.2, 0.25) is 0 Å². The van der Waals surface area contributed by atoms with Crippen LogP contribution in [0.4, 0.5) is 0 Å². The maximum absolute atomic E-state index is 11.5. The molecule has 6 heteroatoms. The van der Waals surface area contributed by atoms with Crippen molar-refractivity contribution in [1.82, 2.24) is 9.88 Å². The third-order valence-electron chi connectivity index (χ3n) is 3.29. The molecule has 0 unspecified atom stereocenters. The molecule has 104 valence electrons. The number of piperidine rings is 1. The van der Waals surface area contributed by atoms with Crippen molar-refractivity contribution < 1.29 is 18.7 Å². The lowest BCUT2D eigenvalue weighted by atomic mass is 9.97. The van der Waals surface area contributed by atoms with E-state index in [0.29, 0.717) is 25.6 Å². The molecule has 1 fully saturated rings. The van der Waals surface area contributed by atoms with Crippen LogP contribution in [0.25, 0.3) is 0 Å². The molecule has 0 saturated carbocycles. The molecule has 0 aliphatic carbocycles. The van der Waals surface area contributed by atoms with E-state index in [1.165, 1.54) is 6.20 Å². The van der Waals surface area contributed by atoms with Gasteiger partial charge in [0, 0.05) is 25.9 Å². The Hall–Kier alpha value is -1.85. The SMILES string of the molecule is CCOC(=O)c1cnc(C2CCN(C(C)=O)CC2)o1. The average Bonchev–Trinajstić information content (AvgIpc) is 2.89. The van der Waals surface area contributed by atoms with Gasteiger partial charge in [0.15, 0.2) is 5.89 Å². The first-order valence-corrected chi connectivity index (χ1v) is 6.50. The first-order valence-electron chi connectivity index (χ1n) is 6.50. The highest BCUT2D eigenvalue weighted by atomic mass is 16.5. The number of carbonyl (C=O) groups excluding carboxylic acids is 2. The monoisotopic (exact) mass is 266 g/mol. The molecular weight excluding hydrogens is 248 g/mol. The highest BCUT2D eigenvalue weighted by Crippen LogP contribution is 2.27. The third-order valence-corrected chi connectivity index (χ3v) is 3.29. The highest BCUT2D eigenvalue weighted by Gasteiger charge is 2.26. The predicted molar refractivity (Wildman–Crippen MR) is 66.7 cm³/mol. The van der Waals surface area contributed by atoms with Crippen molar-refractivity contribution in [3.63, 3.8) is 0 Å². The first-order chi connectivity index (χ1) is 9.11. The fourth-order valence-corrected chi connectivity index (χ4v) is 2.21. The maximum Gasteiger partial charge on any atom is 0.375 e. The van der Waals surface area contributed by atoms with Gasteiger partial charge in [-0.3, -0.25) is 4.79 Å². The summed E-state index contributed by atoms with van der Waals surface area (Å²) in [5.74, 6) is 0.483. The van der Waals surface area contributed by atoms with Crippen molar-refractivity contribution in [2.75, 3.05) is 19.7 Å². The van der Waals surface area contributed by atoms with Crippen LogP contribution in [0.5, 0.6) is 0 Å². The number of hydrogen-bond acceptors (Lipinski definition) is 5. The van der Waals surface area contributed by atoms with Crippen LogP contribution < -0.4 is 0 Å². The Kier molecular flexibility index (Phi) is 4.19. The molecule has 1 aliphatic heterocycles. The van der Waals surface area contributed by atoms with Crippen LogP contribution in [0.15, 0.2) is 10.6 Å². The second-order valence-corrected chi connectivity index (χ2v) is 4.56. The molecule has 0 radical (unpaired) electrons. The zero-order valence-corrected chi connectivity index (χ0v) is 11.2. The molecule has 2 heterocycles. The first kappa shape index (κ1) is 13.6. The third kappa shape index (κ3) is 3.13. The molecule has 2 rings (SSSR count). The Morgan fingerprint density at radius 3 is 2.74 bits per heavy atom. The number of rotatable bonds is 3. The van der Waals surface area contributed by atoms with Crippen LogP contribution in [0.3, 0.4) is 0 Å². The number of ether oxygens (including phenoxy) is 1. The van der Waals surface area contributed by atoms with Gasteiger partial charge in [-0.25, -0.2) is 9.78 Å². The quantitative estimate of drug-likeness (QED) is 0.776. The zero-order chi connectivity index (χ0) is 13.8. The van der Waals surface area contributed by atoms with Gasteiger partial charge in [-0.2, -0.15) is 0 Å². The van der Waals surface area contributed by atoms with Gasteiger partial charge in [0.1, 0.15) is 0 Å². The highest BCUT2D eigenvalue weighted by molar-refractivity contribution is 5.85. The van der Waals surface area contributed by atoms with Crippen molar-refractivity contribution in [2.24, 2.45) is 0 Å². The van der Waals surface area contributed by atoms with E-state index in [0.717, 1.165) is 12.8 Å². The van der Waals surface area contributed by atoms with E-state index in [4.69, 9.17) is 9.15 Å². The lowest BCUT2D eigenvalue weighted by Gasteiger charge is -2.29. The van der Waals surface area contributed by atoms with Gasteiger partial charge in [-0.15, -0.1) is 0 Å². The molecule has 19 heavy (non-hydrogen) atoms. The molecule has 1 amide bonds. The summed E-state index contributed by atoms with van der Waals surface area (Å²) < 4.78 is 10.3. The fraction of sp³-hybridized carbons (Fsp3) is 0.615. The molecule has 0 bridgehead atoms. The van der Waals surface area contributed by atoms with Gasteiger partial charge in [0.25, 0.3) is 0 Å². The number of likely N-dealkylation sites (tertiary alicyclic amines) is 1. The molecule has 1 aromatic heterocycles. The Labute approximate surface area is 111 Å². The molecule has 1 saturated heterocycles. The van der Waals surface area contributed by atoms with Crippen LogP contribution >= 0.6 is 0 Å². The summed E-state index contributed by atoms with van der Waals surface area (Å²) in [6.45, 7) is 5.04. The molecule has 0 atom stereocenters. The minimum absolute atomic E-state index is 0.0954. The molecule has 0 spiro atoms. The van der Waals surface area contributed by atoms with Crippen LogP contribution in [0.1, 0.15) is 49.1 Å². The maximum atomic E-state index is 11.5. The number of nitrogens with zero attached hydrogens (tertiary/aromatic N) is 2. The smallest absolute Gasteiger partial charge is 0.375 e. The Bertz CT molecular complexity index is 461. The number of hydrogen-bond donors (Lipinski definition) is 0. The van der Waals surface area contributed by atoms with Crippen LogP contribution in [-0.2, 0) is 9.53 Å². The minimum atomic E-state index is -0.484.